The molecule has 0 aromatic carbocycles. The second-order valence-corrected chi connectivity index (χ2v) is 5.05. The van der Waals surface area contributed by atoms with Crippen LogP contribution in [-0.2, 0) is 19.1 Å². The van der Waals surface area contributed by atoms with Crippen LogP contribution in [0.25, 0.3) is 0 Å². The fourth-order valence-corrected chi connectivity index (χ4v) is 3.67. The van der Waals surface area contributed by atoms with Gasteiger partial charge in [0.05, 0.1) is 11.8 Å². The summed E-state index contributed by atoms with van der Waals surface area (Å²) < 4.78 is 10.6. The van der Waals surface area contributed by atoms with E-state index in [1.165, 1.54) is 0 Å². The van der Waals surface area contributed by atoms with Gasteiger partial charge in [0.2, 0.25) is 0 Å². The highest BCUT2D eigenvalue weighted by molar-refractivity contribution is 5.83. The molecule has 1 aliphatic heterocycles. The van der Waals surface area contributed by atoms with Crippen molar-refractivity contribution in [1.29, 1.82) is 0 Å². The summed E-state index contributed by atoms with van der Waals surface area (Å²) in [6.45, 7) is 5.45. The minimum absolute atomic E-state index is 0.0592. The molecule has 0 aromatic rings. The molecule has 3 rings (SSSR count). The molecule has 16 heavy (non-hydrogen) atoms. The number of carbonyl (C=O) groups is 2. The Labute approximate surface area is 93.6 Å². The number of ether oxygens (including phenoxy) is 2. The van der Waals surface area contributed by atoms with Gasteiger partial charge in [-0.1, -0.05) is 13.5 Å². The molecular formula is C12H14O4. The number of hydrogen-bond donors (Lipinski definition) is 0. The van der Waals surface area contributed by atoms with Crippen LogP contribution in [0, 0.1) is 23.7 Å². The van der Waals surface area contributed by atoms with Crippen LogP contribution in [0.1, 0.15) is 19.8 Å². The van der Waals surface area contributed by atoms with E-state index in [9.17, 15) is 9.59 Å². The normalized spacial score (nSPS) is 47.9. The third-order valence-corrected chi connectivity index (χ3v) is 4.40. The fraction of sp³-hybridized carbons (Fsp3) is 0.667. The monoisotopic (exact) mass is 222 g/mol. The summed E-state index contributed by atoms with van der Waals surface area (Å²) in [6.07, 6.45) is 2.70. The minimum atomic E-state index is -0.968. The van der Waals surface area contributed by atoms with Crippen molar-refractivity contribution in [1.82, 2.24) is 0 Å². The summed E-state index contributed by atoms with van der Waals surface area (Å²) in [5.41, 5.74) is 0. The molecule has 3 fully saturated rings. The zero-order valence-electron chi connectivity index (χ0n) is 9.14. The van der Waals surface area contributed by atoms with Crippen LogP contribution in [0.5, 0.6) is 0 Å². The Hall–Kier alpha value is -1.32. The largest absolute Gasteiger partial charge is 0.422 e. The molecule has 4 nitrogen and oxygen atoms in total. The highest BCUT2D eigenvalue weighted by Gasteiger charge is 2.70. The first-order valence-electron chi connectivity index (χ1n) is 5.65. The highest BCUT2D eigenvalue weighted by atomic mass is 16.7. The molecule has 0 aromatic heterocycles. The van der Waals surface area contributed by atoms with Crippen LogP contribution in [0.2, 0.25) is 0 Å². The van der Waals surface area contributed by atoms with Crippen molar-refractivity contribution in [3.63, 3.8) is 0 Å². The molecule has 0 amide bonds. The van der Waals surface area contributed by atoms with Gasteiger partial charge in [0.25, 0.3) is 5.79 Å². The van der Waals surface area contributed by atoms with Crippen LogP contribution >= 0.6 is 0 Å². The molecule has 0 radical (unpaired) electrons. The molecule has 5 atom stereocenters. The second-order valence-electron chi connectivity index (χ2n) is 5.05. The molecule has 1 saturated heterocycles. The molecule has 86 valence electrons. The molecular weight excluding hydrogens is 208 g/mol. The maximum absolute atomic E-state index is 11.7. The van der Waals surface area contributed by atoms with Crippen molar-refractivity contribution < 1.29 is 19.1 Å². The molecule has 0 spiro atoms. The maximum atomic E-state index is 11.7. The number of esters is 2. The van der Waals surface area contributed by atoms with Gasteiger partial charge in [-0.25, -0.2) is 4.79 Å². The minimum Gasteiger partial charge on any atom is -0.422 e. The Kier molecular flexibility index (Phi) is 1.77. The average Bonchev–Trinajstić information content (AvgIpc) is 2.77. The van der Waals surface area contributed by atoms with Gasteiger partial charge < -0.3 is 9.47 Å². The van der Waals surface area contributed by atoms with E-state index in [0.29, 0.717) is 18.3 Å². The van der Waals surface area contributed by atoms with Gasteiger partial charge in [-0.05, 0) is 18.3 Å². The number of rotatable bonds is 2. The van der Waals surface area contributed by atoms with Crippen molar-refractivity contribution >= 4 is 11.9 Å². The fourth-order valence-electron chi connectivity index (χ4n) is 3.67. The first-order valence-corrected chi connectivity index (χ1v) is 5.65. The Morgan fingerprint density at radius 1 is 1.69 bits per heavy atom. The summed E-state index contributed by atoms with van der Waals surface area (Å²) in [5, 5.41) is 0. The Morgan fingerprint density at radius 3 is 3.06 bits per heavy atom. The van der Waals surface area contributed by atoms with Crippen molar-refractivity contribution in [3.05, 3.63) is 12.7 Å². The third-order valence-electron chi connectivity index (χ3n) is 4.40. The highest BCUT2D eigenvalue weighted by Crippen LogP contribution is 2.63. The van der Waals surface area contributed by atoms with Crippen LogP contribution < -0.4 is 0 Å². The second kappa shape index (κ2) is 2.87. The lowest BCUT2D eigenvalue weighted by atomic mass is 9.79. The van der Waals surface area contributed by atoms with E-state index in [1.807, 2.05) is 0 Å². The Morgan fingerprint density at radius 2 is 2.44 bits per heavy atom. The van der Waals surface area contributed by atoms with Gasteiger partial charge in [0.15, 0.2) is 0 Å². The van der Waals surface area contributed by atoms with Crippen LogP contribution in [0.3, 0.4) is 0 Å². The molecule has 5 unspecified atom stereocenters. The lowest BCUT2D eigenvalue weighted by Gasteiger charge is -2.31. The molecule has 2 saturated carbocycles. The van der Waals surface area contributed by atoms with Crippen LogP contribution in [0.4, 0.5) is 0 Å². The summed E-state index contributed by atoms with van der Waals surface area (Å²) in [4.78, 5) is 23.0. The summed E-state index contributed by atoms with van der Waals surface area (Å²) in [6, 6.07) is 0. The maximum Gasteiger partial charge on any atom is 0.333 e. The zero-order chi connectivity index (χ0) is 11.5. The SMILES string of the molecule is C=CC(=O)OC12CC3CC1C(C(=O)O2)C3C. The first-order chi connectivity index (χ1) is 7.57. The van der Waals surface area contributed by atoms with Gasteiger partial charge in [-0.2, -0.15) is 0 Å². The lowest BCUT2D eigenvalue weighted by Crippen LogP contribution is -2.40. The van der Waals surface area contributed by atoms with Gasteiger partial charge in [-0.3, -0.25) is 4.79 Å². The van der Waals surface area contributed by atoms with E-state index in [2.05, 4.69) is 13.5 Å². The smallest absolute Gasteiger partial charge is 0.333 e. The molecule has 3 aliphatic rings. The van der Waals surface area contributed by atoms with E-state index < -0.39 is 11.8 Å². The van der Waals surface area contributed by atoms with Crippen LogP contribution in [-0.4, -0.2) is 17.7 Å². The van der Waals surface area contributed by atoms with Gasteiger partial charge >= 0.3 is 11.9 Å². The summed E-state index contributed by atoms with van der Waals surface area (Å²) >= 11 is 0. The predicted molar refractivity (Wildman–Crippen MR) is 54.0 cm³/mol. The van der Waals surface area contributed by atoms with Gasteiger partial charge in [0.1, 0.15) is 0 Å². The van der Waals surface area contributed by atoms with Crippen molar-refractivity contribution in [3.8, 4) is 0 Å². The Bertz CT molecular complexity index is 388. The van der Waals surface area contributed by atoms with Crippen molar-refractivity contribution in [2.45, 2.75) is 25.6 Å². The van der Waals surface area contributed by atoms with E-state index in [4.69, 9.17) is 9.47 Å². The van der Waals surface area contributed by atoms with E-state index in [0.717, 1.165) is 12.5 Å². The topological polar surface area (TPSA) is 52.6 Å². The van der Waals surface area contributed by atoms with E-state index in [1.54, 1.807) is 0 Å². The number of hydrogen-bond acceptors (Lipinski definition) is 4. The number of carbonyl (C=O) groups excluding carboxylic acids is 2. The zero-order valence-corrected chi connectivity index (χ0v) is 9.14. The van der Waals surface area contributed by atoms with E-state index in [-0.39, 0.29) is 17.8 Å². The summed E-state index contributed by atoms with van der Waals surface area (Å²) in [7, 11) is 0. The molecule has 2 aliphatic carbocycles. The average molecular weight is 222 g/mol. The van der Waals surface area contributed by atoms with E-state index >= 15 is 0 Å². The van der Waals surface area contributed by atoms with Crippen molar-refractivity contribution in [2.75, 3.05) is 0 Å². The molecule has 0 N–H and O–H groups in total. The first kappa shape index (κ1) is 9.87. The van der Waals surface area contributed by atoms with Gasteiger partial charge in [0, 0.05) is 12.5 Å². The van der Waals surface area contributed by atoms with Crippen LogP contribution in [0.15, 0.2) is 12.7 Å². The lowest BCUT2D eigenvalue weighted by molar-refractivity contribution is -0.219. The molecule has 4 heteroatoms. The number of fused-ring (bicyclic) bond motifs is 1. The Balaban J connectivity index is 1.92. The third kappa shape index (κ3) is 0.996. The summed E-state index contributed by atoms with van der Waals surface area (Å²) in [5.74, 6) is -0.887. The van der Waals surface area contributed by atoms with Crippen molar-refractivity contribution in [2.24, 2.45) is 23.7 Å². The van der Waals surface area contributed by atoms with Gasteiger partial charge in [-0.15, -0.1) is 0 Å². The molecule has 2 bridgehead atoms. The standard InChI is InChI=1S/C12H14O4/c1-3-9(13)15-12-5-7-4-8(12)10(6(7)2)11(14)16-12/h3,6-8,10H,1,4-5H2,2H3. The quantitative estimate of drug-likeness (QED) is 0.521. The predicted octanol–water partition coefficient (Wildman–Crippen LogP) is 1.26. The molecule has 1 heterocycles.